The van der Waals surface area contributed by atoms with Crippen LogP contribution in [0.25, 0.3) is 9.88 Å². The average Bonchev–Trinajstić information content (AvgIpc) is 3.10. The van der Waals surface area contributed by atoms with Gasteiger partial charge in [-0.3, -0.25) is 0 Å². The molecule has 1 N–H and O–H groups in total. The second-order valence-electron chi connectivity index (χ2n) is 5.64. The van der Waals surface area contributed by atoms with E-state index in [4.69, 9.17) is 0 Å². The summed E-state index contributed by atoms with van der Waals surface area (Å²) in [6.45, 7) is 5.84. The van der Waals surface area contributed by atoms with Crippen LogP contribution < -0.4 is 4.72 Å². The van der Waals surface area contributed by atoms with Gasteiger partial charge in [-0.25, -0.2) is 22.5 Å². The van der Waals surface area contributed by atoms with E-state index in [1.807, 2.05) is 13.8 Å². The molecule has 0 radical (unpaired) electrons. The van der Waals surface area contributed by atoms with Crippen molar-refractivity contribution in [3.63, 3.8) is 0 Å². The third-order valence-electron chi connectivity index (χ3n) is 3.78. The van der Waals surface area contributed by atoms with Gasteiger partial charge >= 0.3 is 0 Å². The van der Waals surface area contributed by atoms with Crippen molar-refractivity contribution in [1.29, 1.82) is 0 Å². The first-order valence-corrected chi connectivity index (χ1v) is 10.7. The van der Waals surface area contributed by atoms with Gasteiger partial charge in [0.25, 0.3) is 0 Å². The maximum atomic E-state index is 12.9. The average molecular weight is 397 g/mol. The Kier molecular flexibility index (Phi) is 5.06. The van der Waals surface area contributed by atoms with Gasteiger partial charge in [-0.15, -0.1) is 22.7 Å². The normalized spacial score (nSPS) is 11.8. The summed E-state index contributed by atoms with van der Waals surface area (Å²) >= 11 is 2.98. The van der Waals surface area contributed by atoms with Crippen molar-refractivity contribution in [2.24, 2.45) is 0 Å². The minimum absolute atomic E-state index is 0.114. The van der Waals surface area contributed by atoms with Gasteiger partial charge in [0.1, 0.15) is 10.8 Å². The summed E-state index contributed by atoms with van der Waals surface area (Å²) in [6.07, 6.45) is 0. The molecule has 132 valence electrons. The number of nitrogens with one attached hydrogen (secondary N) is 1. The largest absolute Gasteiger partial charge is 0.241 e. The summed E-state index contributed by atoms with van der Waals surface area (Å²) in [5.41, 5.74) is 1.66. The number of hydrogen-bond donors (Lipinski definition) is 1. The molecule has 3 aromatic rings. The van der Waals surface area contributed by atoms with Gasteiger partial charge in [0.2, 0.25) is 10.0 Å². The van der Waals surface area contributed by atoms with E-state index in [2.05, 4.69) is 9.71 Å². The van der Waals surface area contributed by atoms with E-state index in [1.165, 1.54) is 23.5 Å². The number of aromatic nitrogens is 1. The molecular formula is C17H17FN2O2S3. The molecule has 0 saturated heterocycles. The highest BCUT2D eigenvalue weighted by molar-refractivity contribution is 7.89. The third kappa shape index (κ3) is 3.98. The number of hydrogen-bond acceptors (Lipinski definition) is 5. The van der Waals surface area contributed by atoms with E-state index in [9.17, 15) is 12.8 Å². The molecule has 0 atom stereocenters. The molecule has 1 aromatic carbocycles. The lowest BCUT2D eigenvalue weighted by molar-refractivity contribution is 0.581. The predicted octanol–water partition coefficient (Wildman–Crippen LogP) is 4.41. The summed E-state index contributed by atoms with van der Waals surface area (Å²) in [5.74, 6) is -0.348. The Morgan fingerprint density at radius 3 is 2.36 bits per heavy atom. The van der Waals surface area contributed by atoms with Gasteiger partial charge in [0.05, 0.1) is 15.5 Å². The highest BCUT2D eigenvalue weighted by Gasteiger charge is 2.21. The van der Waals surface area contributed by atoms with Crippen LogP contribution in [0.2, 0.25) is 0 Å². The predicted molar refractivity (Wildman–Crippen MR) is 100 cm³/mol. The van der Waals surface area contributed by atoms with E-state index in [1.54, 1.807) is 36.5 Å². The molecule has 3 rings (SSSR count). The topological polar surface area (TPSA) is 59.1 Å². The van der Waals surface area contributed by atoms with E-state index in [0.717, 1.165) is 20.5 Å². The zero-order valence-corrected chi connectivity index (χ0v) is 16.4. The Hall–Kier alpha value is -1.61. The van der Waals surface area contributed by atoms with Crippen LogP contribution in [-0.4, -0.2) is 13.4 Å². The smallest absolute Gasteiger partial charge is 0.240 e. The first-order chi connectivity index (χ1) is 11.8. The standard InChI is InChI=1S/C17H17FN2O2S3/c1-10-11(2)24-17(20-10)15-8-16(12(3)23-15)25(21,22)19-9-13-4-6-14(18)7-5-13/h4-8,19H,9H2,1-3H3. The Labute approximate surface area is 154 Å². The second-order valence-corrected chi connectivity index (χ2v) is 9.84. The van der Waals surface area contributed by atoms with Crippen LogP contribution >= 0.6 is 22.7 Å². The van der Waals surface area contributed by atoms with Crippen molar-refractivity contribution >= 4 is 32.7 Å². The van der Waals surface area contributed by atoms with Crippen LogP contribution in [0.5, 0.6) is 0 Å². The Bertz CT molecular complexity index is 986. The minimum atomic E-state index is -3.65. The summed E-state index contributed by atoms with van der Waals surface area (Å²) < 4.78 is 40.7. The molecule has 4 nitrogen and oxygen atoms in total. The number of sulfonamides is 1. The quantitative estimate of drug-likeness (QED) is 0.695. The van der Waals surface area contributed by atoms with Crippen molar-refractivity contribution in [1.82, 2.24) is 9.71 Å². The number of halogens is 1. The van der Waals surface area contributed by atoms with Crippen molar-refractivity contribution in [3.8, 4) is 9.88 Å². The zero-order valence-electron chi connectivity index (χ0n) is 14.0. The Morgan fingerprint density at radius 1 is 1.08 bits per heavy atom. The van der Waals surface area contributed by atoms with Gasteiger partial charge in [0, 0.05) is 16.3 Å². The lowest BCUT2D eigenvalue weighted by Gasteiger charge is -2.06. The van der Waals surface area contributed by atoms with Crippen molar-refractivity contribution in [3.05, 3.63) is 57.2 Å². The molecule has 0 aliphatic carbocycles. The lowest BCUT2D eigenvalue weighted by atomic mass is 10.2. The molecule has 0 bridgehead atoms. The fraction of sp³-hybridized carbons (Fsp3) is 0.235. The maximum absolute atomic E-state index is 12.9. The SMILES string of the molecule is Cc1nc(-c2cc(S(=O)(=O)NCc3ccc(F)cc3)c(C)s2)sc1C. The molecule has 0 fully saturated rings. The van der Waals surface area contributed by atoms with E-state index < -0.39 is 10.0 Å². The minimum Gasteiger partial charge on any atom is -0.240 e. The lowest BCUT2D eigenvalue weighted by Crippen LogP contribution is -2.23. The number of benzene rings is 1. The third-order valence-corrected chi connectivity index (χ3v) is 7.73. The van der Waals surface area contributed by atoms with Crippen LogP contribution in [0, 0.1) is 26.6 Å². The molecule has 0 amide bonds. The van der Waals surface area contributed by atoms with Crippen LogP contribution in [0.1, 0.15) is 21.0 Å². The number of nitrogens with zero attached hydrogens (tertiary/aromatic N) is 1. The summed E-state index contributed by atoms with van der Waals surface area (Å²) in [5, 5.41) is 0.836. The number of thiazole rings is 1. The zero-order chi connectivity index (χ0) is 18.2. The van der Waals surface area contributed by atoms with Crippen molar-refractivity contribution in [2.75, 3.05) is 0 Å². The first-order valence-electron chi connectivity index (χ1n) is 7.55. The molecule has 2 aromatic heterocycles. The Morgan fingerprint density at radius 2 is 1.76 bits per heavy atom. The fourth-order valence-electron chi connectivity index (χ4n) is 2.27. The monoisotopic (exact) mass is 396 g/mol. The molecule has 0 spiro atoms. The van der Waals surface area contributed by atoms with Crippen LogP contribution in [-0.2, 0) is 16.6 Å². The fourth-order valence-corrected chi connectivity index (χ4v) is 5.84. The molecule has 8 heteroatoms. The molecule has 0 saturated carbocycles. The summed E-state index contributed by atoms with van der Waals surface area (Å²) in [4.78, 5) is 7.45. The highest BCUT2D eigenvalue weighted by atomic mass is 32.2. The number of aryl methyl sites for hydroxylation is 3. The number of rotatable bonds is 5. The molecule has 25 heavy (non-hydrogen) atoms. The van der Waals surface area contributed by atoms with Gasteiger partial charge in [0.15, 0.2) is 0 Å². The van der Waals surface area contributed by atoms with Gasteiger partial charge in [-0.05, 0) is 44.5 Å². The van der Waals surface area contributed by atoms with Crippen molar-refractivity contribution < 1.29 is 12.8 Å². The van der Waals surface area contributed by atoms with E-state index in [0.29, 0.717) is 10.4 Å². The summed E-state index contributed by atoms with van der Waals surface area (Å²) in [7, 11) is -3.65. The molecule has 0 aliphatic heterocycles. The molecular weight excluding hydrogens is 379 g/mol. The van der Waals surface area contributed by atoms with E-state index in [-0.39, 0.29) is 17.3 Å². The van der Waals surface area contributed by atoms with Gasteiger partial charge in [-0.1, -0.05) is 12.1 Å². The van der Waals surface area contributed by atoms with Crippen molar-refractivity contribution in [2.45, 2.75) is 32.2 Å². The van der Waals surface area contributed by atoms with Crippen LogP contribution in [0.15, 0.2) is 35.2 Å². The highest BCUT2D eigenvalue weighted by Crippen LogP contribution is 2.36. The van der Waals surface area contributed by atoms with Crippen LogP contribution in [0.3, 0.4) is 0 Å². The molecule has 0 aliphatic rings. The van der Waals surface area contributed by atoms with Crippen LogP contribution in [0.4, 0.5) is 4.39 Å². The summed E-state index contributed by atoms with van der Waals surface area (Å²) in [6, 6.07) is 7.41. The molecule has 2 heterocycles. The number of thiophene rings is 1. The maximum Gasteiger partial charge on any atom is 0.241 e. The van der Waals surface area contributed by atoms with Gasteiger partial charge < -0.3 is 0 Å². The first kappa shape index (κ1) is 18.2. The van der Waals surface area contributed by atoms with E-state index >= 15 is 0 Å². The Balaban J connectivity index is 1.83. The molecule has 0 unspecified atom stereocenters. The van der Waals surface area contributed by atoms with Gasteiger partial charge in [-0.2, -0.15) is 0 Å². The second kappa shape index (κ2) is 6.95.